The molecule has 0 saturated carbocycles. The SMILES string of the molecule is COc1ccc([C@@H](O)[C@@H](C)Oc2ccc([C@@H]3O[C@@H](c4ccc(O[C@H](C)[C@H](O)c5ccc(OC)c(OC)c5)c(OC)c4)[C@H](C)[C@H]3C)cc2OC)cc1OC. The van der Waals surface area contributed by atoms with Crippen molar-refractivity contribution in [1.29, 1.82) is 0 Å². The first-order valence-corrected chi connectivity index (χ1v) is 17.6. The summed E-state index contributed by atoms with van der Waals surface area (Å²) in [5.41, 5.74) is 3.18. The number of rotatable bonds is 16. The molecule has 2 N–H and O–H groups in total. The summed E-state index contributed by atoms with van der Waals surface area (Å²) < 4.78 is 52.2. The van der Waals surface area contributed by atoms with E-state index in [0.717, 1.165) is 11.1 Å². The predicted molar refractivity (Wildman–Crippen MR) is 200 cm³/mol. The third-order valence-electron chi connectivity index (χ3n) is 10.1. The van der Waals surface area contributed by atoms with Crippen molar-refractivity contribution >= 4 is 0 Å². The fourth-order valence-corrected chi connectivity index (χ4v) is 6.78. The Balaban J connectivity index is 1.29. The summed E-state index contributed by atoms with van der Waals surface area (Å²) in [6, 6.07) is 22.1. The lowest BCUT2D eigenvalue weighted by Crippen LogP contribution is -2.22. The highest BCUT2D eigenvalue weighted by Crippen LogP contribution is 2.51. The van der Waals surface area contributed by atoms with Crippen LogP contribution in [-0.2, 0) is 4.74 Å². The van der Waals surface area contributed by atoms with E-state index in [1.807, 2.05) is 36.4 Å². The number of hydrogen-bond acceptors (Lipinski definition) is 11. The van der Waals surface area contributed by atoms with Gasteiger partial charge in [-0.05, 0) is 96.5 Å². The molecule has 5 rings (SSSR count). The van der Waals surface area contributed by atoms with Crippen molar-refractivity contribution in [3.63, 3.8) is 0 Å². The predicted octanol–water partition coefficient (Wildman–Crippen LogP) is 7.82. The lowest BCUT2D eigenvalue weighted by atomic mass is 9.85. The quantitative estimate of drug-likeness (QED) is 0.117. The van der Waals surface area contributed by atoms with Crippen LogP contribution in [0.5, 0.6) is 46.0 Å². The summed E-state index contributed by atoms with van der Waals surface area (Å²) in [5, 5.41) is 22.2. The maximum absolute atomic E-state index is 11.1. The topological polar surface area (TPSA) is 124 Å². The molecule has 286 valence electrons. The highest BCUT2D eigenvalue weighted by Gasteiger charge is 2.41. The van der Waals surface area contributed by atoms with Gasteiger partial charge in [-0.25, -0.2) is 0 Å². The molecular formula is C42H52O11. The minimum absolute atomic E-state index is 0.167. The zero-order valence-electron chi connectivity index (χ0n) is 32.1. The van der Waals surface area contributed by atoms with Crippen LogP contribution in [0, 0.1) is 11.8 Å². The molecule has 0 amide bonds. The second-order valence-electron chi connectivity index (χ2n) is 13.3. The Kier molecular flexibility index (Phi) is 12.9. The molecule has 4 aromatic carbocycles. The molecule has 0 bridgehead atoms. The Bertz CT molecular complexity index is 1700. The van der Waals surface area contributed by atoms with E-state index in [0.29, 0.717) is 57.1 Å². The Morgan fingerprint density at radius 2 is 0.774 bits per heavy atom. The maximum atomic E-state index is 11.1. The van der Waals surface area contributed by atoms with E-state index in [4.69, 9.17) is 42.6 Å². The molecule has 1 aliphatic rings. The van der Waals surface area contributed by atoms with E-state index in [9.17, 15) is 10.2 Å². The number of methoxy groups -OCH3 is 6. The maximum Gasteiger partial charge on any atom is 0.161 e. The van der Waals surface area contributed by atoms with Crippen molar-refractivity contribution in [2.75, 3.05) is 42.7 Å². The van der Waals surface area contributed by atoms with E-state index in [-0.39, 0.29) is 24.0 Å². The minimum atomic E-state index is -0.932. The van der Waals surface area contributed by atoms with Gasteiger partial charge in [0.15, 0.2) is 46.0 Å². The molecule has 8 atom stereocenters. The van der Waals surface area contributed by atoms with Crippen LogP contribution in [0.1, 0.15) is 74.4 Å². The monoisotopic (exact) mass is 732 g/mol. The van der Waals surface area contributed by atoms with Gasteiger partial charge in [0.05, 0.1) is 54.9 Å². The first-order chi connectivity index (χ1) is 25.5. The van der Waals surface area contributed by atoms with Gasteiger partial charge >= 0.3 is 0 Å². The summed E-state index contributed by atoms with van der Waals surface area (Å²) in [6.45, 7) is 7.96. The Hall–Kier alpha value is -4.84. The first-order valence-electron chi connectivity index (χ1n) is 17.6. The number of benzene rings is 4. The van der Waals surface area contributed by atoms with Crippen LogP contribution in [0.2, 0.25) is 0 Å². The molecule has 11 nitrogen and oxygen atoms in total. The van der Waals surface area contributed by atoms with Gasteiger partial charge in [-0.2, -0.15) is 0 Å². The molecule has 1 saturated heterocycles. The molecule has 0 aromatic heterocycles. The molecular weight excluding hydrogens is 680 g/mol. The average molecular weight is 733 g/mol. The van der Waals surface area contributed by atoms with Crippen LogP contribution in [0.25, 0.3) is 0 Å². The number of ether oxygens (including phenoxy) is 9. The molecule has 1 heterocycles. The number of aliphatic hydroxyl groups excluding tert-OH is 2. The normalized spacial score (nSPS) is 20.5. The number of aliphatic hydroxyl groups is 2. The summed E-state index contributed by atoms with van der Waals surface area (Å²) in [7, 11) is 9.43. The van der Waals surface area contributed by atoms with Gasteiger partial charge in [-0.3, -0.25) is 0 Å². The zero-order valence-corrected chi connectivity index (χ0v) is 32.1. The third kappa shape index (κ3) is 8.38. The largest absolute Gasteiger partial charge is 0.493 e. The summed E-state index contributed by atoms with van der Waals surface area (Å²) >= 11 is 0. The smallest absolute Gasteiger partial charge is 0.161 e. The lowest BCUT2D eigenvalue weighted by Gasteiger charge is -2.24. The Morgan fingerprint density at radius 3 is 1.11 bits per heavy atom. The van der Waals surface area contributed by atoms with Gasteiger partial charge in [0.1, 0.15) is 24.4 Å². The fourth-order valence-electron chi connectivity index (χ4n) is 6.78. The van der Waals surface area contributed by atoms with Crippen molar-refractivity contribution in [1.82, 2.24) is 0 Å². The van der Waals surface area contributed by atoms with E-state index in [2.05, 4.69) is 13.8 Å². The third-order valence-corrected chi connectivity index (χ3v) is 10.1. The number of hydrogen-bond donors (Lipinski definition) is 2. The molecule has 4 aromatic rings. The Labute approximate surface area is 312 Å². The molecule has 0 aliphatic carbocycles. The zero-order chi connectivity index (χ0) is 38.4. The molecule has 11 heteroatoms. The van der Waals surface area contributed by atoms with E-state index in [1.54, 1.807) is 92.9 Å². The molecule has 53 heavy (non-hydrogen) atoms. The van der Waals surface area contributed by atoms with Crippen LogP contribution < -0.4 is 37.9 Å². The van der Waals surface area contributed by atoms with Gasteiger partial charge < -0.3 is 52.8 Å². The Morgan fingerprint density at radius 1 is 0.453 bits per heavy atom. The second-order valence-corrected chi connectivity index (χ2v) is 13.3. The highest BCUT2D eigenvalue weighted by atomic mass is 16.5. The van der Waals surface area contributed by atoms with Crippen molar-refractivity contribution in [3.05, 3.63) is 95.1 Å². The first kappa shape index (κ1) is 39.4. The fraction of sp³-hybridized carbons (Fsp3) is 0.429. The van der Waals surface area contributed by atoms with Gasteiger partial charge in [0.25, 0.3) is 0 Å². The van der Waals surface area contributed by atoms with Crippen molar-refractivity contribution in [2.24, 2.45) is 11.8 Å². The van der Waals surface area contributed by atoms with Crippen LogP contribution in [0.4, 0.5) is 0 Å². The van der Waals surface area contributed by atoms with Gasteiger partial charge in [0, 0.05) is 0 Å². The highest BCUT2D eigenvalue weighted by molar-refractivity contribution is 5.48. The molecule has 0 unspecified atom stereocenters. The lowest BCUT2D eigenvalue weighted by molar-refractivity contribution is 0.0281. The van der Waals surface area contributed by atoms with Crippen LogP contribution in [-0.4, -0.2) is 65.1 Å². The molecule has 0 spiro atoms. The van der Waals surface area contributed by atoms with Crippen LogP contribution >= 0.6 is 0 Å². The van der Waals surface area contributed by atoms with Gasteiger partial charge in [-0.1, -0.05) is 38.1 Å². The van der Waals surface area contributed by atoms with Crippen molar-refractivity contribution < 1.29 is 52.8 Å². The second kappa shape index (κ2) is 17.3. The van der Waals surface area contributed by atoms with Crippen molar-refractivity contribution in [2.45, 2.75) is 64.3 Å². The van der Waals surface area contributed by atoms with E-state index in [1.165, 1.54) is 0 Å². The van der Waals surface area contributed by atoms with E-state index < -0.39 is 24.4 Å². The van der Waals surface area contributed by atoms with Crippen LogP contribution in [0.3, 0.4) is 0 Å². The minimum Gasteiger partial charge on any atom is -0.493 e. The van der Waals surface area contributed by atoms with Gasteiger partial charge in [0.2, 0.25) is 0 Å². The molecule has 1 aliphatic heterocycles. The van der Waals surface area contributed by atoms with Crippen LogP contribution in [0.15, 0.2) is 72.8 Å². The summed E-state index contributed by atoms with van der Waals surface area (Å²) in [5.74, 6) is 4.62. The standard InChI is InChI=1S/C42H52O11/c1-23-24(2)42(30-14-18-34(38(22-30)50-10)52-26(4)40(44)28-12-16-32(46-6)36(20-28)48-8)53-41(23)29-13-17-33(37(21-29)49-9)51-25(3)39(43)27-11-15-31(45-5)35(19-27)47-7/h11-26,39-44H,1-10H3/t23-,24-,25-,26-,39+,40+,41-,42-/m1/s1. The molecule has 0 radical (unpaired) electrons. The average Bonchev–Trinajstić information content (AvgIpc) is 3.49. The van der Waals surface area contributed by atoms with E-state index >= 15 is 0 Å². The van der Waals surface area contributed by atoms with Gasteiger partial charge in [-0.15, -0.1) is 0 Å². The summed E-state index contributed by atoms with van der Waals surface area (Å²) in [4.78, 5) is 0. The summed E-state index contributed by atoms with van der Waals surface area (Å²) in [6.07, 6.45) is -3.49. The molecule has 1 fully saturated rings. The van der Waals surface area contributed by atoms with Crippen molar-refractivity contribution in [3.8, 4) is 46.0 Å².